The van der Waals surface area contributed by atoms with Gasteiger partial charge in [0.1, 0.15) is 5.69 Å². The Bertz CT molecular complexity index is 537. The summed E-state index contributed by atoms with van der Waals surface area (Å²) in [6, 6.07) is 4.84. The third-order valence-corrected chi connectivity index (χ3v) is 4.02. The van der Waals surface area contributed by atoms with Crippen molar-refractivity contribution >= 4 is 17.3 Å². The van der Waals surface area contributed by atoms with Crippen molar-refractivity contribution in [1.29, 1.82) is 0 Å². The molecule has 1 aromatic rings. The highest BCUT2D eigenvalue weighted by atomic mass is 16.6. The summed E-state index contributed by atoms with van der Waals surface area (Å²) in [6.07, 6.45) is 2.26. The summed E-state index contributed by atoms with van der Waals surface area (Å²) in [7, 11) is 0. The molecule has 1 saturated heterocycles. The van der Waals surface area contributed by atoms with Gasteiger partial charge in [-0.15, -0.1) is 0 Å². The van der Waals surface area contributed by atoms with Crippen molar-refractivity contribution in [2.24, 2.45) is 5.92 Å². The quantitative estimate of drug-likeness (QED) is 0.646. The van der Waals surface area contributed by atoms with Gasteiger partial charge < -0.3 is 10.2 Å². The van der Waals surface area contributed by atoms with Gasteiger partial charge in [0.05, 0.1) is 18.0 Å². The molecule has 21 heavy (non-hydrogen) atoms. The van der Waals surface area contributed by atoms with Crippen LogP contribution < -0.4 is 10.2 Å². The van der Waals surface area contributed by atoms with Gasteiger partial charge in [-0.3, -0.25) is 14.9 Å². The summed E-state index contributed by atoms with van der Waals surface area (Å²) in [5.74, 6) is 0.571. The zero-order valence-electron chi connectivity index (χ0n) is 12.5. The lowest BCUT2D eigenvalue weighted by Gasteiger charge is -2.26. The first-order valence-electron chi connectivity index (χ1n) is 7.34. The molecule has 0 unspecified atom stereocenters. The van der Waals surface area contributed by atoms with Crippen LogP contribution in [-0.2, 0) is 4.79 Å². The number of hydrogen-bond donors (Lipinski definition) is 2. The monoisotopic (exact) mass is 292 g/mol. The molecule has 0 radical (unpaired) electrons. The highest BCUT2D eigenvalue weighted by Gasteiger charge is 2.23. The zero-order chi connectivity index (χ0) is 15.4. The number of hydrogen-bond acceptors (Lipinski definition) is 3. The van der Waals surface area contributed by atoms with Gasteiger partial charge in [-0.1, -0.05) is 13.0 Å². The normalized spacial score (nSPS) is 21.8. The summed E-state index contributed by atoms with van der Waals surface area (Å²) < 4.78 is 0. The lowest BCUT2D eigenvalue weighted by atomic mass is 9.99. The number of piperidine rings is 1. The van der Waals surface area contributed by atoms with E-state index >= 15 is 0 Å². The molecule has 0 atom stereocenters. The summed E-state index contributed by atoms with van der Waals surface area (Å²) in [5, 5.41) is 13.7. The fourth-order valence-corrected chi connectivity index (χ4v) is 2.67. The van der Waals surface area contributed by atoms with E-state index in [1.165, 1.54) is 11.0 Å². The zero-order valence-corrected chi connectivity index (χ0v) is 12.5. The van der Waals surface area contributed by atoms with Crippen LogP contribution in [0.5, 0.6) is 0 Å². The van der Waals surface area contributed by atoms with Crippen LogP contribution in [0, 0.1) is 23.0 Å². The van der Waals surface area contributed by atoms with E-state index in [9.17, 15) is 14.9 Å². The van der Waals surface area contributed by atoms with E-state index < -0.39 is 4.92 Å². The number of carbonyl (C=O) groups is 1. The van der Waals surface area contributed by atoms with Crippen LogP contribution in [0.15, 0.2) is 18.2 Å². The third-order valence-electron chi connectivity index (χ3n) is 4.02. The van der Waals surface area contributed by atoms with Gasteiger partial charge in [-0.05, 0) is 37.3 Å². The number of amides is 1. The second-order valence-electron chi connectivity index (χ2n) is 5.94. The average molecular weight is 292 g/mol. The van der Waals surface area contributed by atoms with E-state index in [-0.39, 0.29) is 17.3 Å². The molecule has 1 aliphatic heterocycles. The van der Waals surface area contributed by atoms with E-state index in [2.05, 4.69) is 12.2 Å². The van der Waals surface area contributed by atoms with Crippen molar-refractivity contribution in [3.05, 3.63) is 33.9 Å². The van der Waals surface area contributed by atoms with Crippen molar-refractivity contribution in [2.75, 3.05) is 25.0 Å². The molecule has 1 amide bonds. The average Bonchev–Trinajstić information content (AvgIpc) is 2.43. The minimum atomic E-state index is -0.460. The van der Waals surface area contributed by atoms with Crippen LogP contribution in [-0.4, -0.2) is 30.5 Å². The number of nitrogens with one attached hydrogen (secondary N) is 2. The first-order valence-corrected chi connectivity index (χ1v) is 7.34. The first-order chi connectivity index (χ1) is 9.95. The molecule has 0 aromatic heterocycles. The smallest absolute Gasteiger partial charge is 0.293 e. The Labute approximate surface area is 124 Å². The standard InChI is InChI=1S/C15H21N3O3/c1-11-5-7-17(8-6-11)10-15(19)16-13-4-3-12(2)9-14(13)18(20)21/h3-4,9,11H,5-8,10H2,1-2H3,(H,16,19)/p+1. The van der Waals surface area contributed by atoms with Gasteiger partial charge in [-0.25, -0.2) is 0 Å². The van der Waals surface area contributed by atoms with Crippen molar-refractivity contribution in [2.45, 2.75) is 26.7 Å². The molecular formula is C15H22N3O3+. The van der Waals surface area contributed by atoms with Gasteiger partial charge in [-0.2, -0.15) is 0 Å². The number of benzene rings is 1. The molecule has 1 aromatic carbocycles. The Morgan fingerprint density at radius 1 is 1.43 bits per heavy atom. The SMILES string of the molecule is Cc1ccc(NC(=O)C[NH+]2CCC(C)CC2)c([N+](=O)[O-])c1. The number of aryl methyl sites for hydroxylation is 1. The molecule has 6 nitrogen and oxygen atoms in total. The Morgan fingerprint density at radius 2 is 2.10 bits per heavy atom. The predicted octanol–water partition coefficient (Wildman–Crippen LogP) is 1.16. The number of quaternary nitrogens is 1. The number of carbonyl (C=O) groups excluding carboxylic acids is 1. The fourth-order valence-electron chi connectivity index (χ4n) is 2.67. The minimum absolute atomic E-state index is 0.0504. The molecule has 0 saturated carbocycles. The van der Waals surface area contributed by atoms with Gasteiger partial charge in [0, 0.05) is 6.07 Å². The fraction of sp³-hybridized carbons (Fsp3) is 0.533. The number of likely N-dealkylation sites (tertiary alicyclic amines) is 1. The van der Waals surface area contributed by atoms with Crippen molar-refractivity contribution in [3.8, 4) is 0 Å². The van der Waals surface area contributed by atoms with Crippen LogP contribution in [0.25, 0.3) is 0 Å². The predicted molar refractivity (Wildman–Crippen MR) is 80.4 cm³/mol. The molecule has 1 fully saturated rings. The molecule has 114 valence electrons. The molecule has 6 heteroatoms. The van der Waals surface area contributed by atoms with E-state index in [4.69, 9.17) is 0 Å². The number of nitrogens with zero attached hydrogens (tertiary/aromatic N) is 1. The molecule has 2 N–H and O–H groups in total. The molecule has 1 aliphatic rings. The second kappa shape index (κ2) is 6.67. The Hall–Kier alpha value is -1.95. The van der Waals surface area contributed by atoms with E-state index in [1.807, 2.05) is 0 Å². The number of nitro benzene ring substituents is 1. The molecule has 0 bridgehead atoms. The van der Waals surface area contributed by atoms with E-state index in [1.54, 1.807) is 19.1 Å². The van der Waals surface area contributed by atoms with Crippen LogP contribution >= 0.6 is 0 Å². The van der Waals surface area contributed by atoms with E-state index in [0.717, 1.165) is 37.4 Å². The Kier molecular flexibility index (Phi) is 4.90. The van der Waals surface area contributed by atoms with E-state index in [0.29, 0.717) is 6.54 Å². The molecule has 0 aliphatic carbocycles. The Morgan fingerprint density at radius 3 is 2.71 bits per heavy atom. The molecule has 1 heterocycles. The molecular weight excluding hydrogens is 270 g/mol. The molecule has 0 spiro atoms. The van der Waals surface area contributed by atoms with Gasteiger partial charge in [0.2, 0.25) is 0 Å². The van der Waals surface area contributed by atoms with Crippen molar-refractivity contribution in [1.82, 2.24) is 0 Å². The highest BCUT2D eigenvalue weighted by molar-refractivity contribution is 5.93. The summed E-state index contributed by atoms with van der Waals surface area (Å²) >= 11 is 0. The number of nitro groups is 1. The van der Waals surface area contributed by atoms with Gasteiger partial charge >= 0.3 is 0 Å². The van der Waals surface area contributed by atoms with Crippen LogP contribution in [0.3, 0.4) is 0 Å². The lowest BCUT2D eigenvalue weighted by Crippen LogP contribution is -3.14. The molecule has 2 rings (SSSR count). The minimum Gasteiger partial charge on any atom is -0.327 e. The van der Waals surface area contributed by atoms with Crippen LogP contribution in [0.4, 0.5) is 11.4 Å². The number of rotatable bonds is 4. The summed E-state index contributed by atoms with van der Waals surface area (Å²) in [5.41, 5.74) is 1.03. The van der Waals surface area contributed by atoms with Crippen molar-refractivity contribution in [3.63, 3.8) is 0 Å². The van der Waals surface area contributed by atoms with Gasteiger partial charge in [0.15, 0.2) is 6.54 Å². The highest BCUT2D eigenvalue weighted by Crippen LogP contribution is 2.25. The number of anilines is 1. The summed E-state index contributed by atoms with van der Waals surface area (Å²) in [4.78, 5) is 23.9. The van der Waals surface area contributed by atoms with Crippen molar-refractivity contribution < 1.29 is 14.6 Å². The maximum Gasteiger partial charge on any atom is 0.293 e. The van der Waals surface area contributed by atoms with Gasteiger partial charge in [0.25, 0.3) is 11.6 Å². The second-order valence-corrected chi connectivity index (χ2v) is 5.94. The lowest BCUT2D eigenvalue weighted by molar-refractivity contribution is -0.897. The Balaban J connectivity index is 1.98. The first kappa shape index (κ1) is 15.4. The van der Waals surface area contributed by atoms with Crippen LogP contribution in [0.1, 0.15) is 25.3 Å². The maximum atomic E-state index is 12.1. The summed E-state index contributed by atoms with van der Waals surface area (Å²) in [6.45, 7) is 6.37. The third kappa shape index (κ3) is 4.26. The van der Waals surface area contributed by atoms with Crippen LogP contribution in [0.2, 0.25) is 0 Å². The largest absolute Gasteiger partial charge is 0.327 e. The maximum absolute atomic E-state index is 12.1. The topological polar surface area (TPSA) is 76.7 Å².